The Hall–Kier alpha value is -0.480. The molecule has 1 aliphatic rings. The molecule has 0 N–H and O–H groups in total. The number of rotatable bonds is 4. The topological polar surface area (TPSA) is 3.24 Å². The minimum atomic E-state index is 0.938. The van der Waals surface area contributed by atoms with Crippen molar-refractivity contribution in [2.75, 3.05) is 19.6 Å². The van der Waals surface area contributed by atoms with E-state index in [4.69, 9.17) is 6.42 Å². The monoisotopic (exact) mass is 165 g/mol. The lowest BCUT2D eigenvalue weighted by molar-refractivity contribution is 0.320. The van der Waals surface area contributed by atoms with Crippen LogP contribution in [0.3, 0.4) is 0 Å². The first-order chi connectivity index (χ1) is 5.86. The van der Waals surface area contributed by atoms with Crippen molar-refractivity contribution in [1.29, 1.82) is 0 Å². The summed E-state index contributed by atoms with van der Waals surface area (Å²) < 4.78 is 0. The number of unbranched alkanes of at least 4 members (excludes halogenated alkanes) is 1. The third kappa shape index (κ3) is 2.87. The van der Waals surface area contributed by atoms with Crippen molar-refractivity contribution in [2.24, 2.45) is 5.92 Å². The van der Waals surface area contributed by atoms with Crippen molar-refractivity contribution in [3.8, 4) is 12.3 Å². The van der Waals surface area contributed by atoms with Gasteiger partial charge in [-0.25, -0.2) is 0 Å². The van der Waals surface area contributed by atoms with Crippen molar-refractivity contribution >= 4 is 0 Å². The standard InChI is InChI=1S/C11H19N/c1-3-5-6-8-12-9-7-11(4-2)10-12/h1,11H,4-10H2,2H3. The largest absolute Gasteiger partial charge is 0.303 e. The van der Waals surface area contributed by atoms with Gasteiger partial charge in [0.05, 0.1) is 0 Å². The predicted molar refractivity (Wildman–Crippen MR) is 52.9 cm³/mol. The first kappa shape index (κ1) is 9.61. The van der Waals surface area contributed by atoms with Gasteiger partial charge < -0.3 is 4.90 Å². The van der Waals surface area contributed by atoms with Gasteiger partial charge in [0.15, 0.2) is 0 Å². The highest BCUT2D eigenvalue weighted by Gasteiger charge is 2.19. The van der Waals surface area contributed by atoms with E-state index < -0.39 is 0 Å². The van der Waals surface area contributed by atoms with Gasteiger partial charge >= 0.3 is 0 Å². The molecular formula is C11H19N. The summed E-state index contributed by atoms with van der Waals surface area (Å²) in [7, 11) is 0. The van der Waals surface area contributed by atoms with Crippen LogP contribution in [0, 0.1) is 18.3 Å². The van der Waals surface area contributed by atoms with Crippen LogP contribution in [0.1, 0.15) is 32.6 Å². The second-order valence-electron chi connectivity index (χ2n) is 3.67. The molecule has 0 amide bonds. The molecule has 0 aromatic heterocycles. The Morgan fingerprint density at radius 1 is 1.58 bits per heavy atom. The molecule has 0 aromatic rings. The third-order valence-corrected chi connectivity index (χ3v) is 2.74. The fourth-order valence-corrected chi connectivity index (χ4v) is 1.85. The van der Waals surface area contributed by atoms with Gasteiger partial charge in [0.1, 0.15) is 0 Å². The van der Waals surface area contributed by atoms with Gasteiger partial charge in [0, 0.05) is 13.0 Å². The van der Waals surface area contributed by atoms with E-state index in [0.717, 1.165) is 12.3 Å². The average molecular weight is 165 g/mol. The lowest BCUT2D eigenvalue weighted by atomic mass is 10.1. The summed E-state index contributed by atoms with van der Waals surface area (Å²) in [6.07, 6.45) is 10.0. The van der Waals surface area contributed by atoms with Gasteiger partial charge in [0.25, 0.3) is 0 Å². The Morgan fingerprint density at radius 3 is 3.00 bits per heavy atom. The van der Waals surface area contributed by atoms with Crippen LogP contribution in [-0.4, -0.2) is 24.5 Å². The van der Waals surface area contributed by atoms with E-state index in [2.05, 4.69) is 17.7 Å². The van der Waals surface area contributed by atoms with Crippen molar-refractivity contribution < 1.29 is 0 Å². The number of hydrogen-bond acceptors (Lipinski definition) is 1. The number of hydrogen-bond donors (Lipinski definition) is 0. The minimum absolute atomic E-state index is 0.938. The van der Waals surface area contributed by atoms with E-state index in [9.17, 15) is 0 Å². The maximum absolute atomic E-state index is 5.20. The Morgan fingerprint density at radius 2 is 2.42 bits per heavy atom. The van der Waals surface area contributed by atoms with Crippen molar-refractivity contribution in [1.82, 2.24) is 4.90 Å². The van der Waals surface area contributed by atoms with Crippen LogP contribution in [0.25, 0.3) is 0 Å². The second-order valence-corrected chi connectivity index (χ2v) is 3.67. The molecule has 1 unspecified atom stereocenters. The molecule has 12 heavy (non-hydrogen) atoms. The van der Waals surface area contributed by atoms with Gasteiger partial charge in [0.2, 0.25) is 0 Å². The quantitative estimate of drug-likeness (QED) is 0.455. The van der Waals surface area contributed by atoms with E-state index in [-0.39, 0.29) is 0 Å². The van der Waals surface area contributed by atoms with E-state index in [1.165, 1.54) is 38.9 Å². The molecule has 1 heteroatoms. The molecule has 0 spiro atoms. The molecule has 1 nitrogen and oxygen atoms in total. The minimum Gasteiger partial charge on any atom is -0.303 e. The molecule has 0 saturated carbocycles. The molecule has 1 aliphatic heterocycles. The van der Waals surface area contributed by atoms with Crippen LogP contribution in [0.15, 0.2) is 0 Å². The highest BCUT2D eigenvalue weighted by atomic mass is 15.1. The number of likely N-dealkylation sites (tertiary alicyclic amines) is 1. The molecule has 1 heterocycles. The van der Waals surface area contributed by atoms with Crippen LogP contribution < -0.4 is 0 Å². The van der Waals surface area contributed by atoms with Gasteiger partial charge in [-0.05, 0) is 31.8 Å². The number of terminal acetylenes is 1. The lowest BCUT2D eigenvalue weighted by Crippen LogP contribution is -2.21. The molecule has 1 saturated heterocycles. The van der Waals surface area contributed by atoms with E-state index in [1.807, 2.05) is 0 Å². The highest BCUT2D eigenvalue weighted by molar-refractivity contribution is 4.84. The molecule has 1 rings (SSSR count). The summed E-state index contributed by atoms with van der Waals surface area (Å²) in [6.45, 7) is 6.10. The molecule has 1 atom stereocenters. The van der Waals surface area contributed by atoms with Crippen molar-refractivity contribution in [3.63, 3.8) is 0 Å². The second kappa shape index (κ2) is 5.22. The predicted octanol–water partition coefficient (Wildman–Crippen LogP) is 2.13. The summed E-state index contributed by atoms with van der Waals surface area (Å²) in [5.74, 6) is 3.64. The Labute approximate surface area is 76.1 Å². The summed E-state index contributed by atoms with van der Waals surface area (Å²) in [4.78, 5) is 2.55. The van der Waals surface area contributed by atoms with Crippen LogP contribution in [0.5, 0.6) is 0 Å². The first-order valence-electron chi connectivity index (χ1n) is 5.02. The third-order valence-electron chi connectivity index (χ3n) is 2.74. The molecule has 68 valence electrons. The van der Waals surface area contributed by atoms with Crippen LogP contribution in [-0.2, 0) is 0 Å². The normalized spacial score (nSPS) is 24.2. The molecular weight excluding hydrogens is 146 g/mol. The fraction of sp³-hybridized carbons (Fsp3) is 0.818. The smallest absolute Gasteiger partial charge is 0.00982 e. The SMILES string of the molecule is C#CCCCN1CCC(CC)C1. The fourth-order valence-electron chi connectivity index (χ4n) is 1.85. The molecule has 1 fully saturated rings. The Bertz CT molecular complexity index is 157. The van der Waals surface area contributed by atoms with Gasteiger partial charge in [-0.2, -0.15) is 0 Å². The van der Waals surface area contributed by atoms with Gasteiger partial charge in [-0.15, -0.1) is 12.3 Å². The average Bonchev–Trinajstić information content (AvgIpc) is 2.53. The highest BCUT2D eigenvalue weighted by Crippen LogP contribution is 2.18. The van der Waals surface area contributed by atoms with Crippen molar-refractivity contribution in [2.45, 2.75) is 32.6 Å². The number of nitrogens with zero attached hydrogens (tertiary/aromatic N) is 1. The summed E-state index contributed by atoms with van der Waals surface area (Å²) in [5, 5.41) is 0. The summed E-state index contributed by atoms with van der Waals surface area (Å²) in [5.41, 5.74) is 0. The van der Waals surface area contributed by atoms with E-state index >= 15 is 0 Å². The van der Waals surface area contributed by atoms with Crippen LogP contribution >= 0.6 is 0 Å². The van der Waals surface area contributed by atoms with E-state index in [0.29, 0.717) is 0 Å². The first-order valence-corrected chi connectivity index (χ1v) is 5.02. The lowest BCUT2D eigenvalue weighted by Gasteiger charge is -2.14. The summed E-state index contributed by atoms with van der Waals surface area (Å²) in [6, 6.07) is 0. The molecule has 0 radical (unpaired) electrons. The molecule has 0 aliphatic carbocycles. The maximum atomic E-state index is 5.20. The van der Waals surface area contributed by atoms with Crippen LogP contribution in [0.2, 0.25) is 0 Å². The maximum Gasteiger partial charge on any atom is 0.00982 e. The Kier molecular flexibility index (Phi) is 4.18. The van der Waals surface area contributed by atoms with Gasteiger partial charge in [-0.1, -0.05) is 13.3 Å². The molecule has 0 aromatic carbocycles. The zero-order valence-electron chi connectivity index (χ0n) is 8.05. The molecule has 0 bridgehead atoms. The van der Waals surface area contributed by atoms with Crippen LogP contribution in [0.4, 0.5) is 0 Å². The zero-order chi connectivity index (χ0) is 8.81. The van der Waals surface area contributed by atoms with Crippen molar-refractivity contribution in [3.05, 3.63) is 0 Å². The van der Waals surface area contributed by atoms with E-state index in [1.54, 1.807) is 0 Å². The Balaban J connectivity index is 2.07. The summed E-state index contributed by atoms with van der Waals surface area (Å²) >= 11 is 0. The zero-order valence-corrected chi connectivity index (χ0v) is 8.05. The van der Waals surface area contributed by atoms with Gasteiger partial charge in [-0.3, -0.25) is 0 Å².